The molecule has 10 heteroatoms. The molecule has 4 rings (SSSR count). The molecule has 0 saturated carbocycles. The van der Waals surface area contributed by atoms with E-state index < -0.39 is 17.9 Å². The van der Waals surface area contributed by atoms with Gasteiger partial charge in [-0.1, -0.05) is 6.07 Å². The lowest BCUT2D eigenvalue weighted by molar-refractivity contribution is -0.141. The molecule has 0 radical (unpaired) electrons. The highest BCUT2D eigenvalue weighted by molar-refractivity contribution is 5.95. The lowest BCUT2D eigenvalue weighted by atomic mass is 10.0. The number of pyridine rings is 1. The number of rotatable bonds is 4. The minimum Gasteiger partial charge on any atom is -0.384 e. The Morgan fingerprint density at radius 2 is 1.81 bits per heavy atom. The van der Waals surface area contributed by atoms with E-state index in [2.05, 4.69) is 25.4 Å². The number of hydrogen-bond donors (Lipinski definition) is 2. The maximum Gasteiger partial charge on any atom is 0.433 e. The number of alkyl halides is 3. The van der Waals surface area contributed by atoms with Crippen molar-refractivity contribution in [1.82, 2.24) is 15.2 Å². The van der Waals surface area contributed by atoms with Crippen molar-refractivity contribution < 1.29 is 17.9 Å². The predicted octanol–water partition coefficient (Wildman–Crippen LogP) is 4.25. The minimum absolute atomic E-state index is 0.0325. The molecule has 1 fully saturated rings. The largest absolute Gasteiger partial charge is 0.433 e. The van der Waals surface area contributed by atoms with Crippen molar-refractivity contribution in [2.45, 2.75) is 33.0 Å². The third-order valence-corrected chi connectivity index (χ3v) is 5.75. The van der Waals surface area contributed by atoms with E-state index in [9.17, 15) is 13.2 Å². The topological polar surface area (TPSA) is 89.2 Å². The highest BCUT2D eigenvalue weighted by Crippen LogP contribution is 2.36. The van der Waals surface area contributed by atoms with Gasteiger partial charge in [-0.3, -0.25) is 0 Å². The fourth-order valence-corrected chi connectivity index (χ4v) is 4.06. The van der Waals surface area contributed by atoms with Crippen molar-refractivity contribution in [1.29, 1.82) is 0 Å². The molecule has 0 bridgehead atoms. The van der Waals surface area contributed by atoms with Crippen molar-refractivity contribution in [2.75, 3.05) is 42.3 Å². The second-order valence-electron chi connectivity index (χ2n) is 7.94. The summed E-state index contributed by atoms with van der Waals surface area (Å²) in [5, 5.41) is 13.6. The summed E-state index contributed by atoms with van der Waals surface area (Å²) in [5.74, 6) is 0.317. The fourth-order valence-electron chi connectivity index (χ4n) is 4.06. The summed E-state index contributed by atoms with van der Waals surface area (Å²) in [4.78, 5) is 5.73. The molecule has 170 valence electrons. The first-order chi connectivity index (χ1) is 15.1. The second-order valence-corrected chi connectivity index (χ2v) is 7.94. The van der Waals surface area contributed by atoms with E-state index in [1.165, 1.54) is 13.0 Å². The second kappa shape index (κ2) is 8.42. The number of ether oxygens (including phenoxy) is 1. The monoisotopic (exact) mass is 446 g/mol. The number of nitrogens with one attached hydrogen (secondary N) is 1. The van der Waals surface area contributed by atoms with Crippen molar-refractivity contribution in [3.8, 4) is 0 Å². The number of hydrogen-bond acceptors (Lipinski definition) is 7. The predicted molar refractivity (Wildman–Crippen MR) is 118 cm³/mol. The summed E-state index contributed by atoms with van der Waals surface area (Å²) in [7, 11) is 0. The highest BCUT2D eigenvalue weighted by atomic mass is 19.4. The van der Waals surface area contributed by atoms with Crippen LogP contribution >= 0.6 is 0 Å². The lowest BCUT2D eigenvalue weighted by Crippen LogP contribution is -2.36. The molecule has 2 aromatic heterocycles. The number of nitrogens with two attached hydrogens (primary N) is 1. The van der Waals surface area contributed by atoms with Crippen LogP contribution in [0, 0.1) is 13.8 Å². The van der Waals surface area contributed by atoms with Crippen LogP contribution in [-0.2, 0) is 10.9 Å². The molecular weight excluding hydrogens is 421 g/mol. The molecule has 1 aliphatic rings. The van der Waals surface area contributed by atoms with Crippen molar-refractivity contribution in [3.05, 3.63) is 46.8 Å². The van der Waals surface area contributed by atoms with Crippen molar-refractivity contribution in [2.24, 2.45) is 0 Å². The number of halogens is 3. The van der Waals surface area contributed by atoms with E-state index in [0.717, 1.165) is 35.2 Å². The summed E-state index contributed by atoms with van der Waals surface area (Å²) < 4.78 is 45.6. The first-order valence-electron chi connectivity index (χ1n) is 10.4. The Morgan fingerprint density at radius 1 is 1.09 bits per heavy atom. The van der Waals surface area contributed by atoms with Gasteiger partial charge < -0.3 is 20.7 Å². The zero-order chi connectivity index (χ0) is 23.0. The van der Waals surface area contributed by atoms with Crippen molar-refractivity contribution in [3.63, 3.8) is 0 Å². The molecule has 0 aliphatic carbocycles. The van der Waals surface area contributed by atoms with E-state index in [1.807, 2.05) is 25.1 Å². The van der Waals surface area contributed by atoms with Gasteiger partial charge in [-0.2, -0.15) is 18.3 Å². The van der Waals surface area contributed by atoms with Crippen LogP contribution in [0.25, 0.3) is 10.8 Å². The molecule has 7 nitrogen and oxygen atoms in total. The third kappa shape index (κ3) is 4.27. The lowest BCUT2D eigenvalue weighted by Gasteiger charge is -2.29. The molecule has 1 atom stereocenters. The molecule has 1 aliphatic heterocycles. The van der Waals surface area contributed by atoms with Crippen molar-refractivity contribution >= 4 is 28.1 Å². The van der Waals surface area contributed by atoms with Gasteiger partial charge in [0.2, 0.25) is 0 Å². The summed E-state index contributed by atoms with van der Waals surface area (Å²) in [6, 6.07) is 7.03. The van der Waals surface area contributed by atoms with E-state index >= 15 is 0 Å². The van der Waals surface area contributed by atoms with Crippen LogP contribution in [0.15, 0.2) is 24.3 Å². The molecule has 0 unspecified atom stereocenters. The number of aryl methyl sites for hydroxylation is 1. The molecule has 32 heavy (non-hydrogen) atoms. The van der Waals surface area contributed by atoms with Crippen LogP contribution in [0.2, 0.25) is 0 Å². The van der Waals surface area contributed by atoms with Gasteiger partial charge in [0.15, 0.2) is 5.82 Å². The van der Waals surface area contributed by atoms with Gasteiger partial charge in [-0.05, 0) is 50.1 Å². The Balaban J connectivity index is 1.73. The third-order valence-electron chi connectivity index (χ3n) is 5.75. The maximum atomic E-state index is 13.4. The molecule has 0 amide bonds. The fraction of sp³-hybridized carbons (Fsp3) is 0.409. The first-order valence-corrected chi connectivity index (χ1v) is 10.4. The Bertz CT molecular complexity index is 1140. The highest BCUT2D eigenvalue weighted by Gasteiger charge is 2.36. The number of morpholine rings is 1. The van der Waals surface area contributed by atoms with Gasteiger partial charge in [0, 0.05) is 29.5 Å². The van der Waals surface area contributed by atoms with Crippen LogP contribution in [0.1, 0.15) is 35.5 Å². The van der Waals surface area contributed by atoms with Crippen LogP contribution in [0.3, 0.4) is 0 Å². The molecule has 1 saturated heterocycles. The van der Waals surface area contributed by atoms with Crippen LogP contribution < -0.4 is 16.0 Å². The van der Waals surface area contributed by atoms with Crippen LogP contribution in [0.4, 0.5) is 30.5 Å². The van der Waals surface area contributed by atoms with Crippen LogP contribution in [-0.4, -0.2) is 41.5 Å². The number of aromatic nitrogens is 3. The van der Waals surface area contributed by atoms with E-state index in [4.69, 9.17) is 10.5 Å². The maximum absolute atomic E-state index is 13.4. The zero-order valence-corrected chi connectivity index (χ0v) is 18.1. The van der Waals surface area contributed by atoms with Gasteiger partial charge in [0.05, 0.1) is 24.9 Å². The van der Waals surface area contributed by atoms with E-state index in [1.54, 1.807) is 6.92 Å². The van der Waals surface area contributed by atoms with Gasteiger partial charge in [-0.15, -0.1) is 5.10 Å². The van der Waals surface area contributed by atoms with Gasteiger partial charge in [0.1, 0.15) is 11.5 Å². The standard InChI is InChI=1S/C22H25F3N6O/c1-12-17(11-19(26)28-20(12)22(23,24)25)13(2)27-21-18-10-15(31-6-8-32-9-7-31)4-5-16(18)14(3)29-30-21/h4-5,10-11,13H,6-9H2,1-3H3,(H2,26,28)(H,27,30)/t13-/m1/s1. The Labute approximate surface area is 183 Å². The molecule has 1 aromatic carbocycles. The normalized spacial score (nSPS) is 15.8. The van der Waals surface area contributed by atoms with Gasteiger partial charge >= 0.3 is 6.18 Å². The number of benzene rings is 1. The van der Waals surface area contributed by atoms with Gasteiger partial charge in [0.25, 0.3) is 0 Å². The molecule has 0 spiro atoms. The summed E-state index contributed by atoms with van der Waals surface area (Å²) in [6.07, 6.45) is -4.59. The average molecular weight is 446 g/mol. The SMILES string of the molecule is Cc1c([C@@H](C)Nc2nnc(C)c3ccc(N4CCOCC4)cc23)cc(N)nc1C(F)(F)F. The summed E-state index contributed by atoms with van der Waals surface area (Å²) in [6.45, 7) is 7.95. The summed E-state index contributed by atoms with van der Waals surface area (Å²) in [5.41, 5.74) is 6.96. The quantitative estimate of drug-likeness (QED) is 0.619. The molecule has 3 N–H and O–H groups in total. The summed E-state index contributed by atoms with van der Waals surface area (Å²) >= 11 is 0. The number of anilines is 3. The Hall–Kier alpha value is -3.14. The van der Waals surface area contributed by atoms with Crippen LogP contribution in [0.5, 0.6) is 0 Å². The average Bonchev–Trinajstić information content (AvgIpc) is 2.76. The Morgan fingerprint density at radius 3 is 2.50 bits per heavy atom. The number of nitrogen functional groups attached to an aromatic ring is 1. The smallest absolute Gasteiger partial charge is 0.384 e. The number of nitrogens with zero attached hydrogens (tertiary/aromatic N) is 4. The molecule has 3 aromatic rings. The minimum atomic E-state index is -4.59. The molecule has 3 heterocycles. The number of fused-ring (bicyclic) bond motifs is 1. The van der Waals surface area contributed by atoms with Gasteiger partial charge in [-0.25, -0.2) is 4.98 Å². The van der Waals surface area contributed by atoms with E-state index in [0.29, 0.717) is 24.6 Å². The zero-order valence-electron chi connectivity index (χ0n) is 18.1. The molecular formula is C22H25F3N6O. The van der Waals surface area contributed by atoms with E-state index in [-0.39, 0.29) is 11.4 Å². The first kappa shape index (κ1) is 22.1. The Kier molecular flexibility index (Phi) is 5.81.